The van der Waals surface area contributed by atoms with Gasteiger partial charge in [-0.05, 0) is 66.4 Å². The number of sulfone groups is 1. The normalized spacial score (nSPS) is 13.1. The van der Waals surface area contributed by atoms with Crippen LogP contribution in [0.2, 0.25) is 5.02 Å². The molecular formula is C24H23ClNNaO5S. The van der Waals surface area contributed by atoms with E-state index in [-0.39, 0.29) is 51.0 Å². The molecule has 3 aromatic rings. The summed E-state index contributed by atoms with van der Waals surface area (Å²) >= 11 is 5.87. The van der Waals surface area contributed by atoms with E-state index in [1.165, 1.54) is 36.4 Å². The quantitative estimate of drug-likeness (QED) is 0.398. The number of aromatic carboxylic acids is 1. The number of carboxylic acid groups (broad SMARTS) is 1. The Bertz CT molecular complexity index is 1170. The summed E-state index contributed by atoms with van der Waals surface area (Å²) in [6, 6.07) is 18.6. The molecule has 0 aliphatic rings. The molecule has 0 heterocycles. The number of aliphatic hydroxyl groups excluding tert-OH is 1. The molecule has 0 aliphatic heterocycles. The van der Waals surface area contributed by atoms with Gasteiger partial charge in [0.2, 0.25) is 9.84 Å². The number of hydrogen-bond donors (Lipinski definition) is 2. The Balaban J connectivity index is 0.00000385. The van der Waals surface area contributed by atoms with Crippen molar-refractivity contribution >= 4 is 27.4 Å². The molecule has 0 amide bonds. The van der Waals surface area contributed by atoms with Crippen molar-refractivity contribution in [2.45, 2.75) is 35.3 Å². The average Bonchev–Trinajstić information content (AvgIpc) is 2.78. The van der Waals surface area contributed by atoms with Crippen molar-refractivity contribution < 1.29 is 53.0 Å². The first kappa shape index (κ1) is 27.5. The van der Waals surface area contributed by atoms with E-state index >= 15 is 0 Å². The van der Waals surface area contributed by atoms with Crippen LogP contribution in [0.3, 0.4) is 0 Å². The predicted octanol–water partition coefficient (Wildman–Crippen LogP) is -0.205. The molecule has 3 aromatic carbocycles. The number of rotatable bonds is 9. The largest absolute Gasteiger partial charge is 1.00 e. The van der Waals surface area contributed by atoms with E-state index in [1.54, 1.807) is 36.4 Å². The number of carboxylic acids is 1. The van der Waals surface area contributed by atoms with E-state index in [9.17, 15) is 23.4 Å². The summed E-state index contributed by atoms with van der Waals surface area (Å²) in [5, 5.41) is 25.0. The zero-order valence-corrected chi connectivity index (χ0v) is 21.9. The minimum absolute atomic E-state index is 0. The maximum Gasteiger partial charge on any atom is 1.00 e. The van der Waals surface area contributed by atoms with E-state index in [2.05, 4.69) is 5.32 Å². The molecule has 0 aromatic heterocycles. The number of hydrogen-bond acceptors (Lipinski definition) is 6. The van der Waals surface area contributed by atoms with Crippen LogP contribution < -0.4 is 40.0 Å². The topological polar surface area (TPSA) is 107 Å². The second-order valence-electron chi connectivity index (χ2n) is 7.54. The van der Waals surface area contributed by atoms with Crippen LogP contribution in [-0.2, 0) is 16.3 Å². The Kier molecular flexibility index (Phi) is 10.1. The fourth-order valence-electron chi connectivity index (χ4n) is 3.25. The zero-order chi connectivity index (χ0) is 23.3. The molecule has 168 valence electrons. The smallest absolute Gasteiger partial charge is 0.545 e. The molecule has 0 spiro atoms. The average molecular weight is 496 g/mol. The summed E-state index contributed by atoms with van der Waals surface area (Å²) in [5.74, 6) is -1.36. The molecule has 2 N–H and O–H groups in total. The van der Waals surface area contributed by atoms with Gasteiger partial charge in [0.15, 0.2) is 0 Å². The summed E-state index contributed by atoms with van der Waals surface area (Å²) in [6.45, 7) is 2.36. The second kappa shape index (κ2) is 12.1. The monoisotopic (exact) mass is 495 g/mol. The maximum absolute atomic E-state index is 12.8. The van der Waals surface area contributed by atoms with Crippen LogP contribution in [0.4, 0.5) is 0 Å². The van der Waals surface area contributed by atoms with Crippen molar-refractivity contribution in [3.05, 3.63) is 94.5 Å². The van der Waals surface area contributed by atoms with Crippen LogP contribution in [0.1, 0.15) is 34.5 Å². The van der Waals surface area contributed by atoms with Crippen molar-refractivity contribution in [1.29, 1.82) is 0 Å². The van der Waals surface area contributed by atoms with E-state index in [4.69, 9.17) is 11.6 Å². The fraction of sp³-hybridized carbons (Fsp3) is 0.208. The van der Waals surface area contributed by atoms with E-state index in [0.29, 0.717) is 18.0 Å². The first-order valence-corrected chi connectivity index (χ1v) is 11.9. The number of carbonyl (C=O) groups is 1. The van der Waals surface area contributed by atoms with E-state index < -0.39 is 21.9 Å². The molecule has 0 bridgehead atoms. The number of nitrogens with one attached hydrogen (secondary N) is 1. The maximum atomic E-state index is 12.8. The SMILES string of the molecule is CC(Cc1ccc(S(=O)(=O)c2ccc(C(=O)[O-])cc2)cc1)NC[C@H](O)c1ccc(Cl)cc1.[Na+]. The third kappa shape index (κ3) is 7.39. The molecule has 6 nitrogen and oxygen atoms in total. The molecule has 0 aliphatic carbocycles. The summed E-state index contributed by atoms with van der Waals surface area (Å²) in [5.41, 5.74) is 1.63. The first-order valence-electron chi connectivity index (χ1n) is 9.99. The third-order valence-electron chi connectivity index (χ3n) is 5.09. The third-order valence-corrected chi connectivity index (χ3v) is 7.13. The minimum atomic E-state index is -3.75. The zero-order valence-electron chi connectivity index (χ0n) is 18.4. The first-order chi connectivity index (χ1) is 15.2. The molecule has 0 radical (unpaired) electrons. The van der Waals surface area contributed by atoms with Crippen LogP contribution in [-0.4, -0.2) is 32.1 Å². The molecule has 3 rings (SSSR count). The van der Waals surface area contributed by atoms with Gasteiger partial charge in [0.1, 0.15) is 0 Å². The molecule has 1 unspecified atom stereocenters. The van der Waals surface area contributed by atoms with Gasteiger partial charge in [0, 0.05) is 17.6 Å². The molecular weight excluding hydrogens is 473 g/mol. The summed E-state index contributed by atoms with van der Waals surface area (Å²) < 4.78 is 25.5. The molecule has 2 atom stereocenters. The van der Waals surface area contributed by atoms with Gasteiger partial charge in [-0.15, -0.1) is 0 Å². The number of halogens is 1. The van der Waals surface area contributed by atoms with Gasteiger partial charge in [-0.25, -0.2) is 8.42 Å². The molecule has 0 saturated carbocycles. The molecule has 33 heavy (non-hydrogen) atoms. The van der Waals surface area contributed by atoms with Gasteiger partial charge < -0.3 is 20.3 Å². The van der Waals surface area contributed by atoms with Crippen LogP contribution in [0.15, 0.2) is 82.6 Å². The predicted molar refractivity (Wildman–Crippen MR) is 120 cm³/mol. The van der Waals surface area contributed by atoms with Gasteiger partial charge >= 0.3 is 29.6 Å². The van der Waals surface area contributed by atoms with Crippen LogP contribution >= 0.6 is 11.6 Å². The molecule has 0 saturated heterocycles. The molecule has 9 heteroatoms. The van der Waals surface area contributed by atoms with Crippen molar-refractivity contribution in [2.75, 3.05) is 6.54 Å². The number of aliphatic hydroxyl groups is 1. The molecule has 0 fully saturated rings. The number of benzene rings is 3. The van der Waals surface area contributed by atoms with Gasteiger partial charge in [-0.3, -0.25) is 0 Å². The Hall–Kier alpha value is -1.71. The Morgan fingerprint density at radius 1 is 0.970 bits per heavy atom. The summed E-state index contributed by atoms with van der Waals surface area (Å²) in [6.07, 6.45) is -0.0147. The number of carbonyl (C=O) groups excluding carboxylic acids is 1. The van der Waals surface area contributed by atoms with Crippen molar-refractivity contribution in [3.63, 3.8) is 0 Å². The Labute approximate surface area is 220 Å². The van der Waals surface area contributed by atoms with Crippen molar-refractivity contribution in [1.82, 2.24) is 5.32 Å². The fourth-order valence-corrected chi connectivity index (χ4v) is 4.64. The summed E-state index contributed by atoms with van der Waals surface area (Å²) in [7, 11) is -3.75. The van der Waals surface area contributed by atoms with Crippen LogP contribution in [0, 0.1) is 0 Å². The standard InChI is InChI=1S/C24H24ClNO5S.Na/c1-16(26-15-23(27)18-4-8-20(25)9-5-18)14-17-2-10-21(11-3-17)32(30,31)22-12-6-19(7-13-22)24(28)29;/h2-13,16,23,26-27H,14-15H2,1H3,(H,28,29);/q;+1/p-1/t16?,23-;/m0./s1. The van der Waals surface area contributed by atoms with Gasteiger partial charge in [-0.1, -0.05) is 48.0 Å². The second-order valence-corrected chi connectivity index (χ2v) is 9.93. The van der Waals surface area contributed by atoms with Crippen molar-refractivity contribution in [3.8, 4) is 0 Å². The minimum Gasteiger partial charge on any atom is -0.545 e. The van der Waals surface area contributed by atoms with Gasteiger partial charge in [0.05, 0.1) is 21.9 Å². The van der Waals surface area contributed by atoms with Crippen LogP contribution in [0.5, 0.6) is 0 Å². The van der Waals surface area contributed by atoms with E-state index in [0.717, 1.165) is 11.1 Å². The van der Waals surface area contributed by atoms with Gasteiger partial charge in [0.25, 0.3) is 0 Å². The Morgan fingerprint density at radius 2 is 1.48 bits per heavy atom. The van der Waals surface area contributed by atoms with Crippen LogP contribution in [0.25, 0.3) is 0 Å². The van der Waals surface area contributed by atoms with Gasteiger partial charge in [-0.2, -0.15) is 0 Å². The Morgan fingerprint density at radius 3 is 2.00 bits per heavy atom. The van der Waals surface area contributed by atoms with Crippen molar-refractivity contribution in [2.24, 2.45) is 0 Å². The van der Waals surface area contributed by atoms with E-state index in [1.807, 2.05) is 6.92 Å². The summed E-state index contributed by atoms with van der Waals surface area (Å²) in [4.78, 5) is 11.0.